The van der Waals surface area contributed by atoms with Gasteiger partial charge in [0.25, 0.3) is 11.8 Å². The van der Waals surface area contributed by atoms with Crippen LogP contribution in [0.4, 0.5) is 11.4 Å². The molecule has 0 spiro atoms. The number of rotatable bonds is 7. The molecule has 1 aliphatic rings. The largest absolute Gasteiger partial charge is 0.492 e. The normalized spacial score (nSPS) is 13.7. The van der Waals surface area contributed by atoms with Crippen LogP contribution in [0.15, 0.2) is 59.3 Å². The number of carbonyl (C=O) groups is 3. The van der Waals surface area contributed by atoms with Crippen molar-refractivity contribution in [2.75, 3.05) is 23.4 Å². The molecule has 0 radical (unpaired) electrons. The molecule has 1 N–H and O–H groups in total. The first-order chi connectivity index (χ1) is 14.0. The summed E-state index contributed by atoms with van der Waals surface area (Å²) in [6, 6.07) is 13.0. The minimum Gasteiger partial charge on any atom is -0.492 e. The van der Waals surface area contributed by atoms with Crippen LogP contribution in [0.5, 0.6) is 5.75 Å². The molecule has 1 heterocycles. The van der Waals surface area contributed by atoms with Gasteiger partial charge in [0.15, 0.2) is 0 Å². The van der Waals surface area contributed by atoms with E-state index in [4.69, 9.17) is 21.1 Å². The Balaban J connectivity index is 1.85. The van der Waals surface area contributed by atoms with Crippen molar-refractivity contribution in [2.24, 2.45) is 0 Å². The van der Waals surface area contributed by atoms with Gasteiger partial charge in [0.2, 0.25) is 0 Å². The van der Waals surface area contributed by atoms with Gasteiger partial charge in [-0.1, -0.05) is 23.7 Å². The summed E-state index contributed by atoms with van der Waals surface area (Å²) in [5.41, 5.74) is 1.08. The number of ether oxygens (including phenoxy) is 2. The van der Waals surface area contributed by atoms with Crippen LogP contribution in [0, 0.1) is 0 Å². The molecule has 1 aliphatic heterocycles. The third-order valence-electron chi connectivity index (χ3n) is 4.11. The Bertz CT molecular complexity index is 985. The highest BCUT2D eigenvalue weighted by Crippen LogP contribution is 2.33. The molecule has 29 heavy (non-hydrogen) atoms. The van der Waals surface area contributed by atoms with Crippen LogP contribution in [0.2, 0.25) is 0 Å². The lowest BCUT2D eigenvalue weighted by molar-refractivity contribution is -0.120. The summed E-state index contributed by atoms with van der Waals surface area (Å²) in [5.74, 6) is -1.21. The van der Waals surface area contributed by atoms with Crippen molar-refractivity contribution in [3.8, 4) is 5.75 Å². The molecule has 0 aliphatic carbocycles. The summed E-state index contributed by atoms with van der Waals surface area (Å²) < 4.78 is 10.5. The van der Waals surface area contributed by atoms with Crippen LogP contribution < -0.4 is 15.0 Å². The van der Waals surface area contributed by atoms with Crippen LogP contribution in [0.3, 0.4) is 0 Å². The van der Waals surface area contributed by atoms with Gasteiger partial charge in [-0.05, 0) is 50.2 Å². The third kappa shape index (κ3) is 4.09. The van der Waals surface area contributed by atoms with Gasteiger partial charge in [0.05, 0.1) is 30.2 Å². The van der Waals surface area contributed by atoms with E-state index in [1.807, 2.05) is 6.92 Å². The third-order valence-corrected chi connectivity index (χ3v) is 4.46. The minimum absolute atomic E-state index is 0.0433. The molecule has 150 valence electrons. The number of benzene rings is 2. The molecule has 0 saturated carbocycles. The fourth-order valence-corrected chi connectivity index (χ4v) is 3.01. The number of carbonyl (C=O) groups excluding carboxylic acids is 3. The average molecular weight is 415 g/mol. The van der Waals surface area contributed by atoms with Crippen molar-refractivity contribution < 1.29 is 23.9 Å². The van der Waals surface area contributed by atoms with E-state index in [2.05, 4.69) is 5.32 Å². The Labute approximate surface area is 172 Å². The van der Waals surface area contributed by atoms with Crippen molar-refractivity contribution in [1.29, 1.82) is 0 Å². The summed E-state index contributed by atoms with van der Waals surface area (Å²) in [6.07, 6.45) is 0. The summed E-state index contributed by atoms with van der Waals surface area (Å²) in [7, 11) is 0. The fourth-order valence-electron chi connectivity index (χ4n) is 2.79. The summed E-state index contributed by atoms with van der Waals surface area (Å²) in [5, 5.41) is 2.68. The molecule has 0 bridgehead atoms. The molecule has 2 amide bonds. The molecule has 7 nitrogen and oxygen atoms in total. The molecule has 2 aromatic carbocycles. The maximum atomic E-state index is 12.9. The van der Waals surface area contributed by atoms with E-state index in [0.29, 0.717) is 29.3 Å². The number of hydrogen-bond acceptors (Lipinski definition) is 6. The Morgan fingerprint density at radius 3 is 2.34 bits per heavy atom. The number of amides is 2. The fraction of sp³-hybridized carbons (Fsp3) is 0.190. The second-order valence-electron chi connectivity index (χ2n) is 5.96. The van der Waals surface area contributed by atoms with Crippen LogP contribution in [-0.4, -0.2) is 31.0 Å². The lowest BCUT2D eigenvalue weighted by atomic mass is 10.2. The number of nitrogens with one attached hydrogen (secondary N) is 1. The minimum atomic E-state index is -0.656. The molecule has 0 aromatic heterocycles. The number of halogens is 1. The zero-order chi connectivity index (χ0) is 21.0. The summed E-state index contributed by atoms with van der Waals surface area (Å²) >= 11 is 6.16. The predicted molar refractivity (Wildman–Crippen MR) is 109 cm³/mol. The highest BCUT2D eigenvalue weighted by molar-refractivity contribution is 6.53. The van der Waals surface area contributed by atoms with E-state index in [1.54, 1.807) is 31.2 Å². The first-order valence-electron chi connectivity index (χ1n) is 9.02. The van der Waals surface area contributed by atoms with E-state index in [0.717, 1.165) is 4.90 Å². The quantitative estimate of drug-likeness (QED) is 0.549. The van der Waals surface area contributed by atoms with E-state index in [-0.39, 0.29) is 17.3 Å². The molecule has 0 saturated heterocycles. The van der Waals surface area contributed by atoms with E-state index >= 15 is 0 Å². The van der Waals surface area contributed by atoms with Crippen LogP contribution in [-0.2, 0) is 14.3 Å². The predicted octanol–water partition coefficient (Wildman–Crippen LogP) is 3.70. The maximum Gasteiger partial charge on any atom is 0.338 e. The molecule has 2 aromatic rings. The second-order valence-corrected chi connectivity index (χ2v) is 6.33. The van der Waals surface area contributed by atoms with Gasteiger partial charge in [-0.3, -0.25) is 9.59 Å². The number of anilines is 2. The molecular formula is C21H19ClN2O5. The van der Waals surface area contributed by atoms with Gasteiger partial charge < -0.3 is 14.8 Å². The molecular weight excluding hydrogens is 396 g/mol. The zero-order valence-corrected chi connectivity index (χ0v) is 16.7. The van der Waals surface area contributed by atoms with Crippen molar-refractivity contribution in [3.63, 3.8) is 0 Å². The van der Waals surface area contributed by atoms with Gasteiger partial charge in [0.1, 0.15) is 16.5 Å². The number of esters is 1. The zero-order valence-electron chi connectivity index (χ0n) is 15.9. The molecule has 8 heteroatoms. The van der Waals surface area contributed by atoms with E-state index < -0.39 is 17.8 Å². The van der Waals surface area contributed by atoms with Crippen molar-refractivity contribution >= 4 is 40.8 Å². The molecule has 0 fully saturated rings. The molecule has 0 unspecified atom stereocenters. The average Bonchev–Trinajstić information content (AvgIpc) is 2.93. The standard InChI is InChI=1S/C21H19ClN2O5/c1-3-28-16-8-6-5-7-15(16)23-18-17(22)19(25)24(20(18)26)14-11-9-13(10-12-14)21(27)29-4-2/h5-12,23H,3-4H2,1-2H3. The van der Waals surface area contributed by atoms with Crippen LogP contribution in [0.25, 0.3) is 0 Å². The smallest absolute Gasteiger partial charge is 0.338 e. The SMILES string of the molecule is CCOC(=O)c1ccc(N2C(=O)C(Cl)=C(Nc3ccccc3OCC)C2=O)cc1. The molecule has 3 rings (SSSR count). The van der Waals surface area contributed by atoms with Gasteiger partial charge in [-0.15, -0.1) is 0 Å². The first kappa shape index (κ1) is 20.4. The van der Waals surface area contributed by atoms with E-state index in [1.165, 1.54) is 24.3 Å². The van der Waals surface area contributed by atoms with Crippen LogP contribution >= 0.6 is 11.6 Å². The van der Waals surface area contributed by atoms with Gasteiger partial charge in [0, 0.05) is 0 Å². The Hall–Kier alpha value is -3.32. The first-order valence-corrected chi connectivity index (χ1v) is 9.40. The summed E-state index contributed by atoms with van der Waals surface area (Å²) in [6.45, 7) is 4.24. The highest BCUT2D eigenvalue weighted by atomic mass is 35.5. The lowest BCUT2D eigenvalue weighted by Gasteiger charge is -2.16. The Morgan fingerprint density at radius 1 is 1.00 bits per heavy atom. The highest BCUT2D eigenvalue weighted by Gasteiger charge is 2.39. The van der Waals surface area contributed by atoms with Crippen molar-refractivity contribution in [3.05, 3.63) is 64.8 Å². The lowest BCUT2D eigenvalue weighted by Crippen LogP contribution is -2.32. The van der Waals surface area contributed by atoms with E-state index in [9.17, 15) is 14.4 Å². The maximum absolute atomic E-state index is 12.9. The summed E-state index contributed by atoms with van der Waals surface area (Å²) in [4.78, 5) is 38.2. The molecule has 0 atom stereocenters. The number of imide groups is 1. The second kappa shape index (κ2) is 8.79. The Kier molecular flexibility index (Phi) is 6.19. The van der Waals surface area contributed by atoms with Gasteiger partial charge in [-0.2, -0.15) is 0 Å². The number of para-hydroxylation sites is 2. The Morgan fingerprint density at radius 2 is 1.69 bits per heavy atom. The van der Waals surface area contributed by atoms with Gasteiger partial charge >= 0.3 is 5.97 Å². The van der Waals surface area contributed by atoms with Crippen molar-refractivity contribution in [1.82, 2.24) is 0 Å². The van der Waals surface area contributed by atoms with Crippen molar-refractivity contribution in [2.45, 2.75) is 13.8 Å². The number of nitrogens with zero attached hydrogens (tertiary/aromatic N) is 1. The van der Waals surface area contributed by atoms with Crippen LogP contribution in [0.1, 0.15) is 24.2 Å². The van der Waals surface area contributed by atoms with Gasteiger partial charge in [-0.25, -0.2) is 9.69 Å². The number of hydrogen-bond donors (Lipinski definition) is 1. The monoisotopic (exact) mass is 414 g/mol. The topological polar surface area (TPSA) is 84.9 Å².